The lowest BCUT2D eigenvalue weighted by molar-refractivity contribution is -0.132. The number of benzene rings is 3. The Morgan fingerprint density at radius 3 is 2.24 bits per heavy atom. The summed E-state index contributed by atoms with van der Waals surface area (Å²) in [6.07, 6.45) is 0.0526. The standard InChI is InChI=1S/C30H33FN2O5/c1-36-27-5-3-4-25(19-27)28(38-21-23-6-10-24(11-7-23)30(35)37-2)20-32-14-16-33(17-15-32)29(34)18-22-8-12-26(31)13-9-22/h3-13,19,28H,14-18,20-21H2,1-2H3/t28-/m1/s1. The van der Waals surface area contributed by atoms with E-state index >= 15 is 0 Å². The maximum absolute atomic E-state index is 13.2. The number of rotatable bonds is 10. The number of ether oxygens (including phenoxy) is 3. The van der Waals surface area contributed by atoms with Crippen molar-refractivity contribution in [2.24, 2.45) is 0 Å². The van der Waals surface area contributed by atoms with Crippen LogP contribution in [-0.2, 0) is 27.3 Å². The highest BCUT2D eigenvalue weighted by atomic mass is 19.1. The first-order chi connectivity index (χ1) is 18.4. The van der Waals surface area contributed by atoms with E-state index < -0.39 is 0 Å². The van der Waals surface area contributed by atoms with Crippen LogP contribution in [0.25, 0.3) is 0 Å². The fourth-order valence-corrected chi connectivity index (χ4v) is 4.45. The van der Waals surface area contributed by atoms with Crippen LogP contribution in [0.3, 0.4) is 0 Å². The van der Waals surface area contributed by atoms with Gasteiger partial charge in [0.15, 0.2) is 0 Å². The minimum absolute atomic E-state index is 0.0484. The molecule has 1 atom stereocenters. The van der Waals surface area contributed by atoms with Gasteiger partial charge in [0.25, 0.3) is 0 Å². The number of methoxy groups -OCH3 is 2. The fraction of sp³-hybridized carbons (Fsp3) is 0.333. The summed E-state index contributed by atoms with van der Waals surface area (Å²) in [6, 6.07) is 21.1. The van der Waals surface area contributed by atoms with Crippen LogP contribution >= 0.6 is 0 Å². The topological polar surface area (TPSA) is 68.3 Å². The van der Waals surface area contributed by atoms with Crippen molar-refractivity contribution in [2.45, 2.75) is 19.1 Å². The van der Waals surface area contributed by atoms with E-state index in [4.69, 9.17) is 14.2 Å². The number of carbonyl (C=O) groups is 2. The second-order valence-corrected chi connectivity index (χ2v) is 9.25. The molecule has 38 heavy (non-hydrogen) atoms. The Morgan fingerprint density at radius 1 is 0.895 bits per heavy atom. The van der Waals surface area contributed by atoms with Crippen LogP contribution < -0.4 is 4.74 Å². The van der Waals surface area contributed by atoms with E-state index in [-0.39, 0.29) is 30.2 Å². The number of amides is 1. The highest BCUT2D eigenvalue weighted by Gasteiger charge is 2.24. The molecule has 0 aromatic heterocycles. The number of hydrogen-bond donors (Lipinski definition) is 0. The van der Waals surface area contributed by atoms with Crippen LogP contribution in [0.15, 0.2) is 72.8 Å². The number of carbonyl (C=O) groups excluding carboxylic acids is 2. The molecule has 200 valence electrons. The Bertz CT molecular complexity index is 1210. The van der Waals surface area contributed by atoms with E-state index in [1.54, 1.807) is 31.4 Å². The molecule has 1 fully saturated rings. The van der Waals surface area contributed by atoms with Crippen molar-refractivity contribution >= 4 is 11.9 Å². The minimum atomic E-state index is -0.373. The lowest BCUT2D eigenvalue weighted by Gasteiger charge is -2.36. The summed E-state index contributed by atoms with van der Waals surface area (Å²) < 4.78 is 29.7. The van der Waals surface area contributed by atoms with Crippen molar-refractivity contribution in [3.63, 3.8) is 0 Å². The first-order valence-electron chi connectivity index (χ1n) is 12.6. The summed E-state index contributed by atoms with van der Waals surface area (Å²) >= 11 is 0. The van der Waals surface area contributed by atoms with E-state index in [1.807, 2.05) is 41.3 Å². The maximum atomic E-state index is 13.2. The van der Waals surface area contributed by atoms with E-state index in [1.165, 1.54) is 19.2 Å². The predicted octanol–water partition coefficient (Wildman–Crippen LogP) is 4.27. The molecule has 1 aliphatic rings. The lowest BCUT2D eigenvalue weighted by atomic mass is 10.1. The van der Waals surface area contributed by atoms with Gasteiger partial charge < -0.3 is 19.1 Å². The van der Waals surface area contributed by atoms with Crippen LogP contribution in [-0.4, -0.2) is 68.6 Å². The average Bonchev–Trinajstić information content (AvgIpc) is 2.96. The molecule has 1 amide bonds. The Morgan fingerprint density at radius 2 is 1.58 bits per heavy atom. The molecule has 1 saturated heterocycles. The SMILES string of the molecule is COC(=O)c1ccc(CO[C@H](CN2CCN(C(=O)Cc3ccc(F)cc3)CC2)c2cccc(OC)c2)cc1. The van der Waals surface area contributed by atoms with Gasteiger partial charge in [0, 0.05) is 32.7 Å². The van der Waals surface area contributed by atoms with Crippen LogP contribution in [0.1, 0.15) is 33.2 Å². The normalized spacial score (nSPS) is 14.7. The monoisotopic (exact) mass is 520 g/mol. The number of hydrogen-bond acceptors (Lipinski definition) is 6. The minimum Gasteiger partial charge on any atom is -0.497 e. The van der Waals surface area contributed by atoms with Gasteiger partial charge in [0.2, 0.25) is 5.91 Å². The summed E-state index contributed by atoms with van der Waals surface area (Å²) in [4.78, 5) is 28.6. The van der Waals surface area contributed by atoms with Gasteiger partial charge in [0.1, 0.15) is 11.6 Å². The molecule has 0 bridgehead atoms. The third-order valence-corrected chi connectivity index (χ3v) is 6.71. The molecule has 1 aliphatic heterocycles. The largest absolute Gasteiger partial charge is 0.497 e. The van der Waals surface area contributed by atoms with Crippen molar-refractivity contribution in [1.29, 1.82) is 0 Å². The number of halogens is 1. The molecule has 4 rings (SSSR count). The van der Waals surface area contributed by atoms with Gasteiger partial charge in [-0.05, 0) is 53.1 Å². The molecule has 0 radical (unpaired) electrons. The van der Waals surface area contributed by atoms with Crippen molar-refractivity contribution < 1.29 is 28.2 Å². The van der Waals surface area contributed by atoms with Gasteiger partial charge in [-0.25, -0.2) is 9.18 Å². The van der Waals surface area contributed by atoms with Crippen molar-refractivity contribution in [1.82, 2.24) is 9.80 Å². The Labute approximate surface area is 222 Å². The van der Waals surface area contributed by atoms with Crippen LogP contribution in [0, 0.1) is 5.82 Å². The first-order valence-corrected chi connectivity index (χ1v) is 12.6. The van der Waals surface area contributed by atoms with Gasteiger partial charge in [-0.2, -0.15) is 0 Å². The summed E-state index contributed by atoms with van der Waals surface area (Å²) in [5.41, 5.74) is 3.25. The smallest absolute Gasteiger partial charge is 0.337 e. The van der Waals surface area contributed by atoms with Crippen molar-refractivity contribution in [3.8, 4) is 5.75 Å². The molecule has 0 saturated carbocycles. The number of piperazine rings is 1. The molecule has 0 unspecified atom stereocenters. The van der Waals surface area contributed by atoms with E-state index in [0.717, 1.165) is 35.5 Å². The summed E-state index contributed by atoms with van der Waals surface area (Å²) in [5.74, 6) is 0.129. The van der Waals surface area contributed by atoms with E-state index in [0.29, 0.717) is 31.8 Å². The van der Waals surface area contributed by atoms with Crippen molar-refractivity contribution in [2.75, 3.05) is 46.9 Å². The van der Waals surface area contributed by atoms with Crippen LogP contribution in [0.4, 0.5) is 4.39 Å². The zero-order valence-corrected chi connectivity index (χ0v) is 21.8. The van der Waals surface area contributed by atoms with Crippen LogP contribution in [0.5, 0.6) is 5.75 Å². The average molecular weight is 521 g/mol. The Kier molecular flexibility index (Phi) is 9.46. The third kappa shape index (κ3) is 7.40. The molecule has 3 aromatic rings. The molecular formula is C30H33FN2O5. The van der Waals surface area contributed by atoms with Gasteiger partial charge in [-0.15, -0.1) is 0 Å². The highest BCUT2D eigenvalue weighted by Crippen LogP contribution is 2.25. The zero-order chi connectivity index (χ0) is 26.9. The predicted molar refractivity (Wildman–Crippen MR) is 141 cm³/mol. The molecule has 0 N–H and O–H groups in total. The van der Waals surface area contributed by atoms with Gasteiger partial charge in [0.05, 0.1) is 38.9 Å². The quantitative estimate of drug-likeness (QED) is 0.372. The second kappa shape index (κ2) is 13.2. The molecule has 8 heteroatoms. The Balaban J connectivity index is 1.37. The van der Waals surface area contributed by atoms with Gasteiger partial charge in [-0.1, -0.05) is 36.4 Å². The third-order valence-electron chi connectivity index (χ3n) is 6.71. The molecule has 0 spiro atoms. The van der Waals surface area contributed by atoms with Crippen molar-refractivity contribution in [3.05, 3.63) is 101 Å². The summed E-state index contributed by atoms with van der Waals surface area (Å²) in [6.45, 7) is 3.74. The van der Waals surface area contributed by atoms with Gasteiger partial charge >= 0.3 is 5.97 Å². The van der Waals surface area contributed by atoms with Crippen LogP contribution in [0.2, 0.25) is 0 Å². The summed E-state index contributed by atoms with van der Waals surface area (Å²) in [5, 5.41) is 0. The first kappa shape index (κ1) is 27.3. The lowest BCUT2D eigenvalue weighted by Crippen LogP contribution is -2.50. The fourth-order valence-electron chi connectivity index (χ4n) is 4.45. The molecule has 3 aromatic carbocycles. The number of nitrogens with zero attached hydrogens (tertiary/aromatic N) is 2. The molecule has 1 heterocycles. The van der Waals surface area contributed by atoms with E-state index in [9.17, 15) is 14.0 Å². The summed E-state index contributed by atoms with van der Waals surface area (Å²) in [7, 11) is 3.00. The Hall–Kier alpha value is -3.75. The molecular weight excluding hydrogens is 487 g/mol. The van der Waals surface area contributed by atoms with E-state index in [2.05, 4.69) is 4.90 Å². The number of esters is 1. The second-order valence-electron chi connectivity index (χ2n) is 9.25. The molecule has 0 aliphatic carbocycles. The zero-order valence-electron chi connectivity index (χ0n) is 21.8. The molecule has 7 nitrogen and oxygen atoms in total. The highest BCUT2D eigenvalue weighted by molar-refractivity contribution is 5.89. The maximum Gasteiger partial charge on any atom is 0.337 e. The van der Waals surface area contributed by atoms with Gasteiger partial charge in [-0.3, -0.25) is 9.69 Å².